The van der Waals surface area contributed by atoms with Gasteiger partial charge < -0.3 is 9.80 Å². The Morgan fingerprint density at radius 1 is 0.373 bits per heavy atom. The maximum Gasteiger partial charge on any atom is 0.252 e. The Labute approximate surface area is 300 Å². The van der Waals surface area contributed by atoms with E-state index in [9.17, 15) is 0 Å². The molecule has 0 saturated heterocycles. The average molecular weight is 653 g/mol. The number of hydrogen-bond donors (Lipinski definition) is 0. The van der Waals surface area contributed by atoms with E-state index < -0.39 is 0 Å². The lowest BCUT2D eigenvalue weighted by Crippen LogP contribution is -2.61. The molecule has 0 aromatic heterocycles. The van der Waals surface area contributed by atoms with Crippen LogP contribution in [0.1, 0.15) is 49.9 Å². The van der Waals surface area contributed by atoms with E-state index in [2.05, 4.69) is 189 Å². The summed E-state index contributed by atoms with van der Waals surface area (Å²) in [5.74, 6) is 0. The molecule has 11 rings (SSSR count). The van der Waals surface area contributed by atoms with Crippen molar-refractivity contribution in [2.24, 2.45) is 0 Å². The Bertz CT molecular complexity index is 2430. The van der Waals surface area contributed by atoms with Gasteiger partial charge in [-0.05, 0) is 109 Å². The number of para-hydroxylation sites is 2. The topological polar surface area (TPSA) is 6.48 Å². The molecule has 0 unspecified atom stereocenters. The Balaban J connectivity index is 1.27. The van der Waals surface area contributed by atoms with Crippen LogP contribution in [-0.4, -0.2) is 6.71 Å². The first-order chi connectivity index (χ1) is 24.8. The normalized spacial score (nSPS) is 16.0. The molecule has 242 valence electrons. The molecule has 0 radical (unpaired) electrons. The lowest BCUT2D eigenvalue weighted by atomic mass is 9.33. The summed E-state index contributed by atoms with van der Waals surface area (Å²) >= 11 is 0. The van der Waals surface area contributed by atoms with E-state index in [1.54, 1.807) is 0 Å². The van der Waals surface area contributed by atoms with Crippen LogP contribution < -0.4 is 26.2 Å². The van der Waals surface area contributed by atoms with Gasteiger partial charge in [-0.3, -0.25) is 0 Å². The fourth-order valence-electron chi connectivity index (χ4n) is 10.0. The zero-order chi connectivity index (χ0) is 34.2. The second-order valence-corrected chi connectivity index (χ2v) is 15.7. The minimum Gasteiger partial charge on any atom is -0.311 e. The van der Waals surface area contributed by atoms with Crippen LogP contribution in [0.5, 0.6) is 0 Å². The van der Waals surface area contributed by atoms with E-state index in [0.29, 0.717) is 0 Å². The predicted molar refractivity (Wildman–Crippen MR) is 216 cm³/mol. The molecule has 7 aromatic rings. The fourth-order valence-corrected chi connectivity index (χ4v) is 10.0. The molecule has 0 saturated carbocycles. The quantitative estimate of drug-likeness (QED) is 0.172. The molecule has 0 amide bonds. The van der Waals surface area contributed by atoms with E-state index in [-0.39, 0.29) is 17.5 Å². The van der Waals surface area contributed by atoms with Crippen molar-refractivity contribution >= 4 is 57.2 Å². The van der Waals surface area contributed by atoms with Gasteiger partial charge in [0, 0.05) is 45.0 Å². The lowest BCUT2D eigenvalue weighted by molar-refractivity contribution is 0.661. The van der Waals surface area contributed by atoms with Crippen LogP contribution in [0.4, 0.5) is 34.1 Å². The van der Waals surface area contributed by atoms with Crippen molar-refractivity contribution in [3.63, 3.8) is 0 Å². The van der Waals surface area contributed by atoms with Gasteiger partial charge in [-0.15, -0.1) is 0 Å². The number of fused-ring (bicyclic) bond motifs is 10. The molecular weight excluding hydrogens is 615 g/mol. The van der Waals surface area contributed by atoms with Crippen LogP contribution in [0.25, 0.3) is 22.3 Å². The van der Waals surface area contributed by atoms with E-state index in [1.165, 1.54) is 95.0 Å². The van der Waals surface area contributed by atoms with Crippen LogP contribution >= 0.6 is 0 Å². The van der Waals surface area contributed by atoms with Crippen molar-refractivity contribution in [3.05, 3.63) is 174 Å². The maximum absolute atomic E-state index is 2.58. The molecule has 0 N–H and O–H groups in total. The first-order valence-electron chi connectivity index (χ1n) is 18.2. The van der Waals surface area contributed by atoms with Gasteiger partial charge in [0.2, 0.25) is 0 Å². The summed E-state index contributed by atoms with van der Waals surface area (Å²) in [7, 11) is 0. The highest BCUT2D eigenvalue weighted by atomic mass is 15.2. The van der Waals surface area contributed by atoms with Crippen molar-refractivity contribution in [2.45, 2.75) is 38.5 Å². The van der Waals surface area contributed by atoms with Crippen molar-refractivity contribution < 1.29 is 0 Å². The Kier molecular flexibility index (Phi) is 5.64. The maximum atomic E-state index is 2.58. The van der Waals surface area contributed by atoms with Crippen LogP contribution in [-0.2, 0) is 10.8 Å². The smallest absolute Gasteiger partial charge is 0.252 e. The zero-order valence-electron chi connectivity index (χ0n) is 29.4. The van der Waals surface area contributed by atoms with Gasteiger partial charge in [0.25, 0.3) is 6.71 Å². The summed E-state index contributed by atoms with van der Waals surface area (Å²) < 4.78 is 0. The lowest BCUT2D eigenvalue weighted by Gasteiger charge is -2.45. The molecule has 7 aromatic carbocycles. The molecule has 2 heterocycles. The Morgan fingerprint density at radius 2 is 0.784 bits per heavy atom. The highest BCUT2D eigenvalue weighted by Crippen LogP contribution is 2.54. The summed E-state index contributed by atoms with van der Waals surface area (Å²) in [6.45, 7) is 9.68. The SMILES string of the molecule is CC1(C)c2ccccc2-c2cc3c(cc21)B1c2cc4c(cc2N(c2ccccc2)c2cccc(c21)N3c1ccccc1)-c1ccccc1C4(C)C. The molecule has 2 nitrogen and oxygen atoms in total. The van der Waals surface area contributed by atoms with Crippen molar-refractivity contribution in [1.82, 2.24) is 0 Å². The summed E-state index contributed by atoms with van der Waals surface area (Å²) in [5, 5.41) is 0. The fraction of sp³-hybridized carbons (Fsp3) is 0.125. The van der Waals surface area contributed by atoms with Crippen LogP contribution in [0.15, 0.2) is 152 Å². The molecule has 51 heavy (non-hydrogen) atoms. The van der Waals surface area contributed by atoms with Crippen LogP contribution in [0.3, 0.4) is 0 Å². The molecule has 2 aliphatic carbocycles. The van der Waals surface area contributed by atoms with Gasteiger partial charge in [0.1, 0.15) is 0 Å². The first kappa shape index (κ1) is 29.0. The summed E-state index contributed by atoms with van der Waals surface area (Å²) in [6.07, 6.45) is 0. The van der Waals surface area contributed by atoms with Crippen LogP contribution in [0, 0.1) is 0 Å². The van der Waals surface area contributed by atoms with Gasteiger partial charge in [-0.25, -0.2) is 0 Å². The Hall–Kier alpha value is -5.80. The monoisotopic (exact) mass is 652 g/mol. The third kappa shape index (κ3) is 3.68. The minimum absolute atomic E-state index is 0.0655. The minimum atomic E-state index is -0.104. The van der Waals surface area contributed by atoms with E-state index in [4.69, 9.17) is 0 Å². The molecule has 3 heteroatoms. The highest BCUT2D eigenvalue weighted by Gasteiger charge is 2.47. The summed E-state index contributed by atoms with van der Waals surface area (Å²) in [6, 6.07) is 57.1. The number of nitrogens with zero attached hydrogens (tertiary/aromatic N) is 2. The second-order valence-electron chi connectivity index (χ2n) is 15.7. The average Bonchev–Trinajstić information content (AvgIpc) is 3.52. The van der Waals surface area contributed by atoms with Gasteiger partial charge >= 0.3 is 0 Å². The van der Waals surface area contributed by atoms with Crippen LogP contribution in [0.2, 0.25) is 0 Å². The molecule has 2 aliphatic heterocycles. The number of hydrogen-bond acceptors (Lipinski definition) is 2. The summed E-state index contributed by atoms with van der Waals surface area (Å²) in [4.78, 5) is 5.06. The van der Waals surface area contributed by atoms with Crippen molar-refractivity contribution in [1.29, 1.82) is 0 Å². The molecule has 4 aliphatic rings. The number of rotatable bonds is 2. The predicted octanol–water partition coefficient (Wildman–Crippen LogP) is 10.4. The van der Waals surface area contributed by atoms with Crippen molar-refractivity contribution in [2.75, 3.05) is 9.80 Å². The Morgan fingerprint density at radius 3 is 1.24 bits per heavy atom. The van der Waals surface area contributed by atoms with Gasteiger partial charge in [-0.1, -0.05) is 131 Å². The van der Waals surface area contributed by atoms with E-state index in [0.717, 1.165) is 0 Å². The first-order valence-corrected chi connectivity index (χ1v) is 18.2. The number of anilines is 6. The van der Waals surface area contributed by atoms with Gasteiger partial charge in [0.05, 0.1) is 0 Å². The molecule has 0 bridgehead atoms. The molecule has 0 spiro atoms. The molecular formula is C48H37BN2. The summed E-state index contributed by atoms with van der Waals surface area (Å²) in [5.41, 5.74) is 22.3. The molecule has 0 fully saturated rings. The third-order valence-corrected chi connectivity index (χ3v) is 12.4. The third-order valence-electron chi connectivity index (χ3n) is 12.4. The van der Waals surface area contributed by atoms with Crippen molar-refractivity contribution in [3.8, 4) is 22.3 Å². The van der Waals surface area contributed by atoms with E-state index >= 15 is 0 Å². The molecule has 0 atom stereocenters. The number of benzene rings is 7. The van der Waals surface area contributed by atoms with Gasteiger partial charge in [-0.2, -0.15) is 0 Å². The standard InChI is InChI=1S/C48H37BN2/c1-47(2)36-22-13-11-20-32(36)34-26-44-40(28-38(34)47)49-41-29-39-35(33-21-12-14-23-37(33)48(39,3)4)27-45(41)51(31-18-9-6-10-19-31)43-25-15-24-42(46(43)49)50(44)30-16-7-5-8-17-30/h5-29H,1-4H3. The second kappa shape index (κ2) is 9.92. The largest absolute Gasteiger partial charge is 0.311 e. The van der Waals surface area contributed by atoms with Gasteiger partial charge in [0.15, 0.2) is 0 Å². The zero-order valence-corrected chi connectivity index (χ0v) is 29.4. The highest BCUT2D eigenvalue weighted by molar-refractivity contribution is 7.00. The van der Waals surface area contributed by atoms with E-state index in [1.807, 2.05) is 0 Å².